The molecule has 0 N–H and O–H groups in total. The zero-order valence-electron chi connectivity index (χ0n) is 7.34. The van der Waals surface area contributed by atoms with Gasteiger partial charge in [0.05, 0.1) is 0 Å². The fourth-order valence-electron chi connectivity index (χ4n) is 0.883. The van der Waals surface area contributed by atoms with Gasteiger partial charge in [0.25, 0.3) is 0 Å². The summed E-state index contributed by atoms with van der Waals surface area (Å²) in [5, 5.41) is 0. The molecule has 0 spiro atoms. The van der Waals surface area contributed by atoms with E-state index < -0.39 is 8.14 Å². The summed E-state index contributed by atoms with van der Waals surface area (Å²) in [6, 6.07) is 8.02. The quantitative estimate of drug-likeness (QED) is 0.540. The fourth-order valence-corrected chi connectivity index (χ4v) is 0.883. The van der Waals surface area contributed by atoms with Crippen LogP contribution in [0.25, 0.3) is 12.2 Å². The highest BCUT2D eigenvalue weighted by Crippen LogP contribution is 2.10. The molecular formula is C10H12Cl2Si. The van der Waals surface area contributed by atoms with Gasteiger partial charge >= 0.3 is 0 Å². The first kappa shape index (κ1) is 12.5. The van der Waals surface area contributed by atoms with E-state index in [9.17, 15) is 0 Å². The Morgan fingerprint density at radius 1 is 1.00 bits per heavy atom. The molecule has 0 atom stereocenters. The third-order valence-corrected chi connectivity index (χ3v) is 1.44. The highest BCUT2D eigenvalue weighted by Gasteiger charge is 1.89. The molecule has 3 heteroatoms. The van der Waals surface area contributed by atoms with Crippen LogP contribution in [0.15, 0.2) is 37.4 Å². The Balaban J connectivity index is 0.000000424. The summed E-state index contributed by atoms with van der Waals surface area (Å²) in [6.45, 7) is 7.38. The molecule has 0 bridgehead atoms. The molecule has 0 nitrogen and oxygen atoms in total. The molecule has 70 valence electrons. The molecule has 0 saturated heterocycles. The molecule has 0 radical (unpaired) electrons. The second kappa shape index (κ2) is 8.11. The highest BCUT2D eigenvalue weighted by molar-refractivity contribution is 7.22. The molecule has 0 heterocycles. The van der Waals surface area contributed by atoms with Crippen LogP contribution < -0.4 is 0 Å². The Labute approximate surface area is 91.1 Å². The van der Waals surface area contributed by atoms with E-state index in [2.05, 4.69) is 13.2 Å². The molecule has 0 amide bonds. The van der Waals surface area contributed by atoms with Gasteiger partial charge in [-0.25, -0.2) is 0 Å². The minimum Gasteiger partial charge on any atom is -0.155 e. The third kappa shape index (κ3) is 4.93. The first-order valence-corrected chi connectivity index (χ1v) is 8.03. The maximum atomic E-state index is 4.90. The number of hydrogen-bond acceptors (Lipinski definition) is 0. The predicted molar refractivity (Wildman–Crippen MR) is 66.9 cm³/mol. The monoisotopic (exact) mass is 230 g/mol. The molecule has 13 heavy (non-hydrogen) atoms. The van der Waals surface area contributed by atoms with Crippen molar-refractivity contribution in [2.75, 3.05) is 0 Å². The van der Waals surface area contributed by atoms with Crippen LogP contribution in [0.4, 0.5) is 0 Å². The molecule has 1 rings (SSSR count). The summed E-state index contributed by atoms with van der Waals surface area (Å²) < 4.78 is 0. The summed E-state index contributed by atoms with van der Waals surface area (Å²) in [4.78, 5) is 0. The topological polar surface area (TPSA) is 0 Å². The van der Waals surface area contributed by atoms with Crippen LogP contribution in [0, 0.1) is 0 Å². The summed E-state index contributed by atoms with van der Waals surface area (Å²) in [5.74, 6) is 0. The average Bonchev–Trinajstić information content (AvgIpc) is 2.19. The maximum absolute atomic E-state index is 4.90. The molecule has 0 aliphatic heterocycles. The highest BCUT2D eigenvalue weighted by atomic mass is 35.7. The van der Waals surface area contributed by atoms with Crippen molar-refractivity contribution in [1.82, 2.24) is 0 Å². The van der Waals surface area contributed by atoms with Crippen molar-refractivity contribution >= 4 is 42.4 Å². The summed E-state index contributed by atoms with van der Waals surface area (Å²) in [6.07, 6.45) is 3.66. The fraction of sp³-hybridized carbons (Fsp3) is 0. The molecular weight excluding hydrogens is 219 g/mol. The zero-order chi connectivity index (χ0) is 10.1. The lowest BCUT2D eigenvalue weighted by Gasteiger charge is -1.96. The van der Waals surface area contributed by atoms with Crippen molar-refractivity contribution in [3.63, 3.8) is 0 Å². The standard InChI is InChI=1S/C10H10.Cl2H2Si/c1-3-9-7-5-6-8-10(9)4-2;1-3-2/h3-8H,1-2H2;3H2. The van der Waals surface area contributed by atoms with Crippen LogP contribution >= 0.6 is 22.2 Å². The average molecular weight is 231 g/mol. The third-order valence-electron chi connectivity index (χ3n) is 1.44. The van der Waals surface area contributed by atoms with Crippen molar-refractivity contribution in [2.24, 2.45) is 0 Å². The second-order valence-electron chi connectivity index (χ2n) is 2.14. The molecule has 0 aliphatic carbocycles. The van der Waals surface area contributed by atoms with Gasteiger partial charge in [0.1, 0.15) is 0 Å². The van der Waals surface area contributed by atoms with E-state index in [0.29, 0.717) is 0 Å². The summed E-state index contributed by atoms with van der Waals surface area (Å²) >= 11 is 9.81. The van der Waals surface area contributed by atoms with Gasteiger partial charge in [0, 0.05) is 0 Å². The zero-order valence-corrected chi connectivity index (χ0v) is 10.3. The van der Waals surface area contributed by atoms with Crippen LogP contribution in [0.5, 0.6) is 0 Å². The van der Waals surface area contributed by atoms with Gasteiger partial charge in [0.2, 0.25) is 8.14 Å². The van der Waals surface area contributed by atoms with Gasteiger partial charge in [-0.2, -0.15) is 22.2 Å². The van der Waals surface area contributed by atoms with Gasteiger partial charge in [-0.15, -0.1) is 0 Å². The summed E-state index contributed by atoms with van der Waals surface area (Å²) in [5.41, 5.74) is 2.27. The SMILES string of the molecule is C=Cc1ccccc1C=C.Cl[SiH2]Cl. The molecule has 1 aromatic rings. The van der Waals surface area contributed by atoms with E-state index >= 15 is 0 Å². The van der Waals surface area contributed by atoms with Crippen molar-refractivity contribution in [2.45, 2.75) is 0 Å². The Kier molecular flexibility index (Phi) is 7.80. The van der Waals surface area contributed by atoms with Crippen molar-refractivity contribution in [3.05, 3.63) is 48.6 Å². The van der Waals surface area contributed by atoms with E-state index in [1.54, 1.807) is 0 Å². The van der Waals surface area contributed by atoms with Crippen molar-refractivity contribution in [1.29, 1.82) is 0 Å². The lowest BCUT2D eigenvalue weighted by atomic mass is 10.1. The van der Waals surface area contributed by atoms with Crippen molar-refractivity contribution in [3.8, 4) is 0 Å². The van der Waals surface area contributed by atoms with E-state index in [-0.39, 0.29) is 0 Å². The molecule has 0 aliphatic rings. The van der Waals surface area contributed by atoms with Gasteiger partial charge in [-0.1, -0.05) is 49.6 Å². The minimum absolute atomic E-state index is 0.639. The Hall–Kier alpha value is -0.503. The molecule has 0 saturated carbocycles. The predicted octanol–water partition coefficient (Wildman–Crippen LogP) is 3.44. The summed E-state index contributed by atoms with van der Waals surface area (Å²) in [7, 11) is -0.639. The number of rotatable bonds is 2. The Morgan fingerprint density at radius 3 is 1.54 bits per heavy atom. The van der Waals surface area contributed by atoms with Gasteiger partial charge < -0.3 is 0 Å². The Morgan fingerprint density at radius 2 is 1.31 bits per heavy atom. The molecule has 0 aromatic heterocycles. The first-order chi connectivity index (χ1) is 6.29. The number of halogens is 2. The molecule has 0 fully saturated rings. The van der Waals surface area contributed by atoms with E-state index in [4.69, 9.17) is 22.2 Å². The van der Waals surface area contributed by atoms with Crippen LogP contribution in [0.2, 0.25) is 0 Å². The van der Waals surface area contributed by atoms with E-state index in [0.717, 1.165) is 11.1 Å². The molecule has 0 unspecified atom stereocenters. The van der Waals surface area contributed by atoms with Crippen LogP contribution in [-0.4, -0.2) is 8.14 Å². The van der Waals surface area contributed by atoms with Crippen LogP contribution in [0.1, 0.15) is 11.1 Å². The number of hydrogen-bond donors (Lipinski definition) is 0. The smallest absolute Gasteiger partial charge is 0.155 e. The largest absolute Gasteiger partial charge is 0.222 e. The van der Waals surface area contributed by atoms with Gasteiger partial charge in [0.15, 0.2) is 0 Å². The van der Waals surface area contributed by atoms with Gasteiger partial charge in [-0.3, -0.25) is 0 Å². The second-order valence-corrected chi connectivity index (χ2v) is 4.76. The minimum atomic E-state index is -0.639. The van der Waals surface area contributed by atoms with Crippen molar-refractivity contribution < 1.29 is 0 Å². The normalized spacial score (nSPS) is 8.15. The maximum Gasteiger partial charge on any atom is 0.222 e. The lowest BCUT2D eigenvalue weighted by Crippen LogP contribution is -1.76. The van der Waals surface area contributed by atoms with Crippen LogP contribution in [0.3, 0.4) is 0 Å². The lowest BCUT2D eigenvalue weighted by molar-refractivity contribution is 1.62. The number of benzene rings is 1. The van der Waals surface area contributed by atoms with E-state index in [1.807, 2.05) is 36.4 Å². The first-order valence-electron chi connectivity index (χ1n) is 3.76. The van der Waals surface area contributed by atoms with E-state index in [1.165, 1.54) is 0 Å². The van der Waals surface area contributed by atoms with Gasteiger partial charge in [-0.05, 0) is 11.1 Å². The Bertz CT molecular complexity index is 244. The van der Waals surface area contributed by atoms with Crippen LogP contribution in [-0.2, 0) is 0 Å². The molecule has 1 aromatic carbocycles.